The molecule has 1 nitrogen and oxygen atoms in total. The van der Waals surface area contributed by atoms with Gasteiger partial charge in [0.15, 0.2) is 0 Å². The summed E-state index contributed by atoms with van der Waals surface area (Å²) in [5, 5.41) is 0.605. The topological polar surface area (TPSA) is 3.24 Å². The average Bonchev–Trinajstić information content (AvgIpc) is 2.39. The molecule has 0 bridgehead atoms. The molecule has 1 saturated heterocycles. The highest BCUT2D eigenvalue weighted by molar-refractivity contribution is 6.24. The lowest BCUT2D eigenvalue weighted by Gasteiger charge is -2.51. The van der Waals surface area contributed by atoms with Gasteiger partial charge in [-0.2, -0.15) is 0 Å². The zero-order valence-electron chi connectivity index (χ0n) is 12.9. The summed E-state index contributed by atoms with van der Waals surface area (Å²) in [5.74, 6) is 4.12. The number of nitrogens with zero attached hydrogens (tertiary/aromatic N) is 1. The molecule has 3 aliphatic rings. The van der Waals surface area contributed by atoms with Crippen molar-refractivity contribution in [2.75, 3.05) is 20.1 Å². The number of alkyl halides is 2. The smallest absolute Gasteiger partial charge is 0.0393 e. The van der Waals surface area contributed by atoms with E-state index in [-0.39, 0.29) is 0 Å². The van der Waals surface area contributed by atoms with Gasteiger partial charge in [0.2, 0.25) is 0 Å². The maximum absolute atomic E-state index is 6.67. The van der Waals surface area contributed by atoms with Crippen LogP contribution in [0, 0.1) is 29.6 Å². The number of rotatable bonds is 1. The first-order valence-corrected chi connectivity index (χ1v) is 9.38. The molecule has 0 amide bonds. The molecule has 0 aromatic heterocycles. The first kappa shape index (κ1) is 15.4. The Bertz CT molecular complexity index is 335. The van der Waals surface area contributed by atoms with E-state index in [9.17, 15) is 0 Å². The molecular weight excluding hydrogens is 289 g/mol. The molecule has 6 unspecified atom stereocenters. The monoisotopic (exact) mass is 317 g/mol. The molecule has 7 atom stereocenters. The van der Waals surface area contributed by atoms with E-state index >= 15 is 0 Å². The van der Waals surface area contributed by atoms with Gasteiger partial charge in [-0.3, -0.25) is 0 Å². The van der Waals surface area contributed by atoms with Crippen molar-refractivity contribution in [1.82, 2.24) is 4.90 Å². The molecule has 2 saturated carbocycles. The average molecular weight is 318 g/mol. The Morgan fingerprint density at radius 3 is 2.40 bits per heavy atom. The molecular formula is C17H29Cl2N. The van der Waals surface area contributed by atoms with Crippen molar-refractivity contribution in [1.29, 1.82) is 0 Å². The van der Waals surface area contributed by atoms with E-state index in [1.807, 2.05) is 0 Å². The molecule has 0 spiro atoms. The van der Waals surface area contributed by atoms with E-state index < -0.39 is 0 Å². The van der Waals surface area contributed by atoms with Crippen LogP contribution in [0.5, 0.6) is 0 Å². The van der Waals surface area contributed by atoms with Crippen LogP contribution >= 0.6 is 23.2 Å². The van der Waals surface area contributed by atoms with E-state index in [0.29, 0.717) is 16.7 Å². The Kier molecular flexibility index (Phi) is 4.90. The molecule has 3 fully saturated rings. The summed E-state index contributed by atoms with van der Waals surface area (Å²) in [5.41, 5.74) is 0. The van der Waals surface area contributed by atoms with Gasteiger partial charge in [0.25, 0.3) is 0 Å². The van der Waals surface area contributed by atoms with E-state index in [1.165, 1.54) is 45.2 Å². The zero-order valence-corrected chi connectivity index (χ0v) is 14.4. The highest BCUT2D eigenvalue weighted by Crippen LogP contribution is 2.48. The minimum atomic E-state index is 0.294. The van der Waals surface area contributed by atoms with Crippen molar-refractivity contribution in [2.45, 2.75) is 56.2 Å². The predicted octanol–water partition coefficient (Wildman–Crippen LogP) is 4.62. The van der Waals surface area contributed by atoms with Crippen molar-refractivity contribution in [3.63, 3.8) is 0 Å². The fourth-order valence-electron chi connectivity index (χ4n) is 5.29. The summed E-state index contributed by atoms with van der Waals surface area (Å²) in [6.07, 6.45) is 7.94. The molecule has 0 radical (unpaired) electrons. The van der Waals surface area contributed by atoms with Crippen LogP contribution in [0.25, 0.3) is 0 Å². The van der Waals surface area contributed by atoms with Crippen LogP contribution in [0.4, 0.5) is 0 Å². The number of halogens is 2. The van der Waals surface area contributed by atoms with Gasteiger partial charge in [-0.1, -0.05) is 26.2 Å². The van der Waals surface area contributed by atoms with Crippen LogP contribution in [0.1, 0.15) is 45.4 Å². The Labute approximate surface area is 134 Å². The summed E-state index contributed by atoms with van der Waals surface area (Å²) in [6.45, 7) is 4.89. The van der Waals surface area contributed by atoms with Gasteiger partial charge in [0, 0.05) is 23.8 Å². The van der Waals surface area contributed by atoms with Gasteiger partial charge in [-0.05, 0) is 55.9 Å². The van der Waals surface area contributed by atoms with Crippen molar-refractivity contribution in [3.8, 4) is 0 Å². The molecule has 116 valence electrons. The third-order valence-corrected chi connectivity index (χ3v) is 7.06. The first-order chi connectivity index (χ1) is 9.54. The quantitative estimate of drug-likeness (QED) is 0.638. The third-order valence-electron chi connectivity index (χ3n) is 6.20. The Balaban J connectivity index is 1.77. The standard InChI is InChI=1S/C17H29Cl2N/c1-11-4-3-5-12(6-11)15-9-20(2)10-16-14(15)7-13(18)8-17(16)19/h11-17H,3-10H2,1-2H3/t11?,12?,13?,14?,15-,16?,17?/m0/s1. The summed E-state index contributed by atoms with van der Waals surface area (Å²) >= 11 is 13.2. The Morgan fingerprint density at radius 2 is 1.65 bits per heavy atom. The van der Waals surface area contributed by atoms with Crippen LogP contribution in [-0.2, 0) is 0 Å². The van der Waals surface area contributed by atoms with Crippen LogP contribution in [0.3, 0.4) is 0 Å². The van der Waals surface area contributed by atoms with E-state index in [4.69, 9.17) is 23.2 Å². The first-order valence-electron chi connectivity index (χ1n) is 8.51. The fraction of sp³-hybridized carbons (Fsp3) is 1.00. The predicted molar refractivity (Wildman–Crippen MR) is 87.6 cm³/mol. The molecule has 0 aromatic rings. The van der Waals surface area contributed by atoms with E-state index in [0.717, 1.165) is 30.1 Å². The molecule has 1 heterocycles. The molecule has 20 heavy (non-hydrogen) atoms. The van der Waals surface area contributed by atoms with Crippen LogP contribution in [-0.4, -0.2) is 35.8 Å². The van der Waals surface area contributed by atoms with Crippen molar-refractivity contribution in [2.24, 2.45) is 29.6 Å². The zero-order chi connectivity index (χ0) is 14.3. The van der Waals surface area contributed by atoms with Crippen molar-refractivity contribution < 1.29 is 0 Å². The van der Waals surface area contributed by atoms with Gasteiger partial charge >= 0.3 is 0 Å². The Morgan fingerprint density at radius 1 is 0.900 bits per heavy atom. The maximum atomic E-state index is 6.67. The fourth-order valence-corrected chi connectivity index (χ4v) is 6.26. The largest absolute Gasteiger partial charge is 0.306 e. The van der Waals surface area contributed by atoms with Gasteiger partial charge < -0.3 is 4.90 Å². The minimum Gasteiger partial charge on any atom is -0.306 e. The lowest BCUT2D eigenvalue weighted by Crippen LogP contribution is -2.53. The van der Waals surface area contributed by atoms with Crippen LogP contribution < -0.4 is 0 Å². The van der Waals surface area contributed by atoms with Crippen LogP contribution in [0.15, 0.2) is 0 Å². The maximum Gasteiger partial charge on any atom is 0.0393 e. The Hall–Kier alpha value is 0.540. The summed E-state index contributed by atoms with van der Waals surface area (Å²) < 4.78 is 0. The van der Waals surface area contributed by atoms with Gasteiger partial charge in [-0.15, -0.1) is 23.2 Å². The molecule has 3 rings (SSSR count). The van der Waals surface area contributed by atoms with Gasteiger partial charge in [-0.25, -0.2) is 0 Å². The highest BCUT2D eigenvalue weighted by atomic mass is 35.5. The lowest BCUT2D eigenvalue weighted by atomic mass is 9.62. The second kappa shape index (κ2) is 6.34. The molecule has 3 heteroatoms. The van der Waals surface area contributed by atoms with Crippen molar-refractivity contribution in [3.05, 3.63) is 0 Å². The third kappa shape index (κ3) is 3.15. The summed E-state index contributed by atoms with van der Waals surface area (Å²) in [7, 11) is 2.28. The molecule has 1 aliphatic heterocycles. The lowest BCUT2D eigenvalue weighted by molar-refractivity contribution is 0.00506. The second-order valence-electron chi connectivity index (χ2n) is 7.83. The minimum absolute atomic E-state index is 0.294. The van der Waals surface area contributed by atoms with E-state index in [2.05, 4.69) is 18.9 Å². The number of likely N-dealkylation sites (tertiary alicyclic amines) is 1. The highest BCUT2D eigenvalue weighted by Gasteiger charge is 2.46. The SMILES string of the molecule is CC1CCCC([C@@H]2CN(C)CC3C(Cl)CC(Cl)CC32)C1. The van der Waals surface area contributed by atoms with Crippen LogP contribution in [0.2, 0.25) is 0 Å². The summed E-state index contributed by atoms with van der Waals surface area (Å²) in [4.78, 5) is 2.54. The number of hydrogen-bond donors (Lipinski definition) is 0. The molecule has 2 aliphatic carbocycles. The number of fused-ring (bicyclic) bond motifs is 1. The van der Waals surface area contributed by atoms with Gasteiger partial charge in [0.05, 0.1) is 0 Å². The number of hydrogen-bond acceptors (Lipinski definition) is 1. The second-order valence-corrected chi connectivity index (χ2v) is 9.01. The summed E-state index contributed by atoms with van der Waals surface area (Å²) in [6, 6.07) is 0. The number of piperidine rings is 1. The van der Waals surface area contributed by atoms with E-state index in [1.54, 1.807) is 0 Å². The molecule has 0 N–H and O–H groups in total. The van der Waals surface area contributed by atoms with Gasteiger partial charge in [0.1, 0.15) is 0 Å². The normalized spacial score (nSPS) is 50.7. The van der Waals surface area contributed by atoms with Crippen molar-refractivity contribution >= 4 is 23.2 Å². The molecule has 0 aromatic carbocycles.